The van der Waals surface area contributed by atoms with Crippen molar-refractivity contribution in [3.05, 3.63) is 53.0 Å². The second kappa shape index (κ2) is 5.07. The second-order valence-electron chi connectivity index (χ2n) is 3.54. The molecular formula is C12H12BrN3. The Kier molecular flexibility index (Phi) is 3.51. The van der Waals surface area contributed by atoms with Gasteiger partial charge in [-0.25, -0.2) is 0 Å². The van der Waals surface area contributed by atoms with Gasteiger partial charge in [0.1, 0.15) is 0 Å². The molecule has 0 atom stereocenters. The molecule has 3 nitrogen and oxygen atoms in total. The topological polar surface area (TPSA) is 29.0 Å². The third-order valence-electron chi connectivity index (χ3n) is 2.33. The number of halogens is 1. The summed E-state index contributed by atoms with van der Waals surface area (Å²) in [5, 5.41) is 0. The quantitative estimate of drug-likeness (QED) is 0.864. The zero-order chi connectivity index (χ0) is 11.4. The van der Waals surface area contributed by atoms with Crippen LogP contribution < -0.4 is 4.90 Å². The largest absolute Gasteiger partial charge is 0.369 e. The van der Waals surface area contributed by atoms with E-state index in [9.17, 15) is 0 Å². The molecule has 0 unspecified atom stereocenters. The Balaban J connectivity index is 2.15. The minimum absolute atomic E-state index is 0.852. The molecule has 0 saturated carbocycles. The Bertz CT molecular complexity index is 459. The third-order valence-corrected chi connectivity index (χ3v) is 2.94. The summed E-state index contributed by atoms with van der Waals surface area (Å²) in [6.45, 7) is 0.852. The van der Waals surface area contributed by atoms with E-state index in [0.29, 0.717) is 0 Å². The van der Waals surface area contributed by atoms with Gasteiger partial charge < -0.3 is 4.90 Å². The molecule has 0 aliphatic carbocycles. The third kappa shape index (κ3) is 2.58. The van der Waals surface area contributed by atoms with Crippen LogP contribution in [0.5, 0.6) is 0 Å². The van der Waals surface area contributed by atoms with E-state index in [4.69, 9.17) is 0 Å². The molecule has 2 aromatic heterocycles. The van der Waals surface area contributed by atoms with Gasteiger partial charge in [0.15, 0.2) is 0 Å². The second-order valence-corrected chi connectivity index (χ2v) is 4.39. The van der Waals surface area contributed by atoms with Gasteiger partial charge in [0.25, 0.3) is 0 Å². The van der Waals surface area contributed by atoms with Crippen molar-refractivity contribution in [3.63, 3.8) is 0 Å². The average molecular weight is 278 g/mol. The van der Waals surface area contributed by atoms with Crippen LogP contribution in [-0.2, 0) is 6.54 Å². The monoisotopic (exact) mass is 277 g/mol. The van der Waals surface area contributed by atoms with E-state index in [1.165, 1.54) is 5.56 Å². The summed E-state index contributed by atoms with van der Waals surface area (Å²) in [5.41, 5.74) is 2.37. The lowest BCUT2D eigenvalue weighted by Crippen LogP contribution is -2.16. The van der Waals surface area contributed by atoms with E-state index in [0.717, 1.165) is 16.7 Å². The Labute approximate surface area is 103 Å². The van der Waals surface area contributed by atoms with Crippen LogP contribution in [-0.4, -0.2) is 17.0 Å². The number of rotatable bonds is 3. The van der Waals surface area contributed by atoms with E-state index in [2.05, 4.69) is 37.8 Å². The maximum atomic E-state index is 4.05. The molecule has 0 radical (unpaired) electrons. The molecular weight excluding hydrogens is 266 g/mol. The summed E-state index contributed by atoms with van der Waals surface area (Å²) in [7, 11) is 2.06. The van der Waals surface area contributed by atoms with Crippen molar-refractivity contribution in [2.75, 3.05) is 11.9 Å². The highest BCUT2D eigenvalue weighted by Gasteiger charge is 2.05. The molecule has 4 heteroatoms. The molecule has 0 N–H and O–H groups in total. The van der Waals surface area contributed by atoms with Gasteiger partial charge in [-0.2, -0.15) is 0 Å². The smallest absolute Gasteiger partial charge is 0.0592 e. The zero-order valence-electron chi connectivity index (χ0n) is 8.97. The Morgan fingerprint density at radius 2 is 1.81 bits per heavy atom. The standard InChI is InChI=1S/C12H12BrN3/c1-16(9-10-2-5-14-6-3-10)12-4-7-15-8-11(12)13/h2-8H,9H2,1H3. The molecule has 0 saturated heterocycles. The van der Waals surface area contributed by atoms with Gasteiger partial charge in [-0.3, -0.25) is 9.97 Å². The average Bonchev–Trinajstić information content (AvgIpc) is 2.31. The lowest BCUT2D eigenvalue weighted by Gasteiger charge is -2.20. The molecule has 0 bridgehead atoms. The minimum atomic E-state index is 0.852. The molecule has 2 aromatic rings. The lowest BCUT2D eigenvalue weighted by molar-refractivity contribution is 0.914. The zero-order valence-corrected chi connectivity index (χ0v) is 10.6. The number of aromatic nitrogens is 2. The molecule has 0 spiro atoms. The summed E-state index contributed by atoms with van der Waals surface area (Å²) in [4.78, 5) is 10.2. The maximum absolute atomic E-state index is 4.05. The molecule has 0 aliphatic heterocycles. The predicted octanol–water partition coefficient (Wildman–Crippen LogP) is 2.88. The van der Waals surface area contributed by atoms with Gasteiger partial charge >= 0.3 is 0 Å². The molecule has 2 heterocycles. The highest BCUT2D eigenvalue weighted by Crippen LogP contribution is 2.24. The van der Waals surface area contributed by atoms with Crippen molar-refractivity contribution in [2.45, 2.75) is 6.54 Å². The van der Waals surface area contributed by atoms with Crippen molar-refractivity contribution < 1.29 is 0 Å². The van der Waals surface area contributed by atoms with Crippen LogP contribution in [0, 0.1) is 0 Å². The van der Waals surface area contributed by atoms with Crippen molar-refractivity contribution in [2.24, 2.45) is 0 Å². The number of hydrogen-bond acceptors (Lipinski definition) is 3. The number of anilines is 1. The maximum Gasteiger partial charge on any atom is 0.0592 e. The molecule has 0 amide bonds. The summed E-state index contributed by atoms with van der Waals surface area (Å²) >= 11 is 3.49. The fourth-order valence-corrected chi connectivity index (χ4v) is 2.08. The van der Waals surface area contributed by atoms with E-state index < -0.39 is 0 Å². The van der Waals surface area contributed by atoms with Crippen LogP contribution in [0.3, 0.4) is 0 Å². The number of pyridine rings is 2. The van der Waals surface area contributed by atoms with Gasteiger partial charge in [-0.05, 0) is 39.7 Å². The van der Waals surface area contributed by atoms with Gasteiger partial charge in [0.2, 0.25) is 0 Å². The Morgan fingerprint density at radius 1 is 1.12 bits per heavy atom. The van der Waals surface area contributed by atoms with Gasteiger partial charge in [0.05, 0.1) is 10.2 Å². The predicted molar refractivity (Wildman–Crippen MR) is 68.3 cm³/mol. The van der Waals surface area contributed by atoms with Gasteiger partial charge in [0, 0.05) is 38.4 Å². The van der Waals surface area contributed by atoms with Crippen LogP contribution in [0.4, 0.5) is 5.69 Å². The van der Waals surface area contributed by atoms with E-state index >= 15 is 0 Å². The molecule has 16 heavy (non-hydrogen) atoms. The number of nitrogens with zero attached hydrogens (tertiary/aromatic N) is 3. The molecule has 2 rings (SSSR count). The summed E-state index contributed by atoms with van der Waals surface area (Å²) < 4.78 is 1.01. The first-order valence-electron chi connectivity index (χ1n) is 4.97. The van der Waals surface area contributed by atoms with E-state index in [1.54, 1.807) is 12.4 Å². The summed E-state index contributed by atoms with van der Waals surface area (Å²) in [6.07, 6.45) is 7.22. The van der Waals surface area contributed by atoms with Crippen molar-refractivity contribution in [1.82, 2.24) is 9.97 Å². The first kappa shape index (κ1) is 11.1. The van der Waals surface area contributed by atoms with Crippen molar-refractivity contribution in [1.29, 1.82) is 0 Å². The Morgan fingerprint density at radius 3 is 2.50 bits per heavy atom. The summed E-state index contributed by atoms with van der Waals surface area (Å²) in [5.74, 6) is 0. The Hall–Kier alpha value is -1.42. The fraction of sp³-hybridized carbons (Fsp3) is 0.167. The van der Waals surface area contributed by atoms with Gasteiger partial charge in [-0.1, -0.05) is 0 Å². The SMILES string of the molecule is CN(Cc1ccncc1)c1ccncc1Br. The van der Waals surface area contributed by atoms with E-state index in [1.807, 2.05) is 30.6 Å². The van der Waals surface area contributed by atoms with Gasteiger partial charge in [-0.15, -0.1) is 0 Å². The normalized spacial score (nSPS) is 10.1. The van der Waals surface area contributed by atoms with Crippen LogP contribution >= 0.6 is 15.9 Å². The van der Waals surface area contributed by atoms with E-state index in [-0.39, 0.29) is 0 Å². The summed E-state index contributed by atoms with van der Waals surface area (Å²) in [6, 6.07) is 6.03. The highest BCUT2D eigenvalue weighted by atomic mass is 79.9. The van der Waals surface area contributed by atoms with Crippen LogP contribution in [0.15, 0.2) is 47.5 Å². The van der Waals surface area contributed by atoms with Crippen molar-refractivity contribution in [3.8, 4) is 0 Å². The van der Waals surface area contributed by atoms with Crippen LogP contribution in [0.1, 0.15) is 5.56 Å². The first-order valence-corrected chi connectivity index (χ1v) is 5.76. The lowest BCUT2D eigenvalue weighted by atomic mass is 10.2. The number of hydrogen-bond donors (Lipinski definition) is 0. The van der Waals surface area contributed by atoms with Crippen molar-refractivity contribution >= 4 is 21.6 Å². The first-order chi connectivity index (χ1) is 7.77. The molecule has 0 aromatic carbocycles. The molecule has 82 valence electrons. The minimum Gasteiger partial charge on any atom is -0.369 e. The highest BCUT2D eigenvalue weighted by molar-refractivity contribution is 9.10. The fourth-order valence-electron chi connectivity index (χ4n) is 1.52. The molecule has 0 aliphatic rings. The van der Waals surface area contributed by atoms with Crippen LogP contribution in [0.2, 0.25) is 0 Å². The molecule has 0 fully saturated rings. The van der Waals surface area contributed by atoms with Crippen LogP contribution in [0.25, 0.3) is 0 Å².